The van der Waals surface area contributed by atoms with Crippen molar-refractivity contribution in [2.45, 2.75) is 59.3 Å². The van der Waals surface area contributed by atoms with Crippen molar-refractivity contribution in [3.8, 4) is 0 Å². The van der Waals surface area contributed by atoms with Gasteiger partial charge in [0.25, 0.3) is 0 Å². The van der Waals surface area contributed by atoms with E-state index in [-0.39, 0.29) is 25.2 Å². The molecule has 0 heterocycles. The first-order chi connectivity index (χ1) is 8.84. The molecular weight excluding hydrogens is 282 g/mol. The smallest absolute Gasteiger partial charge is 0.171 e. The van der Waals surface area contributed by atoms with Crippen molar-refractivity contribution < 1.29 is 26.3 Å². The number of hydrogen-bond acceptors (Lipinski definition) is 0. The summed E-state index contributed by atoms with van der Waals surface area (Å²) >= 11 is 0. The Hall–Kier alpha value is -0.680. The summed E-state index contributed by atoms with van der Waals surface area (Å²) in [4.78, 5) is 0. The molecule has 2 unspecified atom stereocenters. The van der Waals surface area contributed by atoms with Crippen LogP contribution in [0.4, 0.5) is 26.3 Å². The second-order valence-electron chi connectivity index (χ2n) is 5.83. The van der Waals surface area contributed by atoms with Crippen LogP contribution < -0.4 is 0 Å². The molecule has 20 heavy (non-hydrogen) atoms. The van der Waals surface area contributed by atoms with E-state index < -0.39 is 29.8 Å². The van der Waals surface area contributed by atoms with Crippen LogP contribution >= 0.6 is 0 Å². The third-order valence-electron chi connectivity index (χ3n) is 3.18. The van der Waals surface area contributed by atoms with E-state index in [1.165, 1.54) is 0 Å². The van der Waals surface area contributed by atoms with Crippen molar-refractivity contribution in [2.24, 2.45) is 17.8 Å². The Kier molecular flexibility index (Phi) is 7.11. The second-order valence-corrected chi connectivity index (χ2v) is 5.83. The lowest BCUT2D eigenvalue weighted by atomic mass is 9.86. The molecule has 0 saturated heterocycles. The Morgan fingerprint density at radius 1 is 0.950 bits per heavy atom. The summed E-state index contributed by atoms with van der Waals surface area (Å²) in [5, 5.41) is 0. The zero-order valence-electron chi connectivity index (χ0n) is 12.2. The van der Waals surface area contributed by atoms with Crippen molar-refractivity contribution in [2.75, 3.05) is 0 Å². The predicted octanol–water partition coefficient (Wildman–Crippen LogP) is 6.14. The average Bonchev–Trinajstić information content (AvgIpc) is 2.21. The number of halogens is 6. The largest absolute Gasteiger partial charge is 0.412 e. The Morgan fingerprint density at radius 2 is 1.45 bits per heavy atom. The van der Waals surface area contributed by atoms with Gasteiger partial charge in [0.15, 0.2) is 0 Å². The normalized spacial score (nSPS) is 17.4. The van der Waals surface area contributed by atoms with E-state index in [0.29, 0.717) is 0 Å². The molecule has 0 bridgehead atoms. The maximum atomic E-state index is 12.8. The highest BCUT2D eigenvalue weighted by Gasteiger charge is 2.40. The van der Waals surface area contributed by atoms with Crippen LogP contribution in [0.3, 0.4) is 0 Å². The fourth-order valence-electron chi connectivity index (χ4n) is 2.01. The molecule has 0 radical (unpaired) electrons. The molecule has 0 amide bonds. The first-order valence-corrected chi connectivity index (χ1v) is 6.64. The fourth-order valence-corrected chi connectivity index (χ4v) is 2.01. The van der Waals surface area contributed by atoms with E-state index >= 15 is 0 Å². The lowest BCUT2D eigenvalue weighted by molar-refractivity contribution is -0.183. The van der Waals surface area contributed by atoms with Gasteiger partial charge < -0.3 is 0 Å². The first-order valence-electron chi connectivity index (χ1n) is 6.64. The van der Waals surface area contributed by atoms with Crippen LogP contribution in [0.2, 0.25) is 0 Å². The van der Waals surface area contributed by atoms with Gasteiger partial charge in [0, 0.05) is 5.57 Å². The highest BCUT2D eigenvalue weighted by Crippen LogP contribution is 2.37. The summed E-state index contributed by atoms with van der Waals surface area (Å²) in [5.74, 6) is -1.98. The average molecular weight is 304 g/mol. The summed E-state index contributed by atoms with van der Waals surface area (Å²) in [6, 6.07) is 0. The molecule has 6 heteroatoms. The van der Waals surface area contributed by atoms with Gasteiger partial charge in [-0.05, 0) is 38.0 Å². The summed E-state index contributed by atoms with van der Waals surface area (Å²) < 4.78 is 75.3. The molecule has 0 saturated carbocycles. The number of hydrogen-bond donors (Lipinski definition) is 0. The number of alkyl halides is 6. The maximum absolute atomic E-state index is 12.8. The summed E-state index contributed by atoms with van der Waals surface area (Å²) in [6.45, 7) is 5.90. The van der Waals surface area contributed by atoms with Gasteiger partial charge in [-0.3, -0.25) is 0 Å². The van der Waals surface area contributed by atoms with Crippen LogP contribution in [-0.2, 0) is 0 Å². The maximum Gasteiger partial charge on any atom is 0.412 e. The zero-order valence-corrected chi connectivity index (χ0v) is 12.2. The molecule has 0 N–H and O–H groups in total. The van der Waals surface area contributed by atoms with Gasteiger partial charge in [0.05, 0.1) is 5.92 Å². The van der Waals surface area contributed by atoms with E-state index in [2.05, 4.69) is 0 Å². The van der Waals surface area contributed by atoms with E-state index in [4.69, 9.17) is 0 Å². The van der Waals surface area contributed by atoms with Crippen LogP contribution in [0, 0.1) is 17.8 Å². The second kappa shape index (κ2) is 7.36. The third kappa shape index (κ3) is 7.80. The molecule has 0 aliphatic rings. The minimum Gasteiger partial charge on any atom is -0.171 e. The highest BCUT2D eigenvalue weighted by molar-refractivity contribution is 5.05. The van der Waals surface area contributed by atoms with Crippen molar-refractivity contribution in [3.63, 3.8) is 0 Å². The fraction of sp³-hybridized carbons (Fsp3) is 0.857. The molecule has 0 aliphatic heterocycles. The summed E-state index contributed by atoms with van der Waals surface area (Å²) in [5.41, 5.74) is -0.753. The van der Waals surface area contributed by atoms with Crippen molar-refractivity contribution in [3.05, 3.63) is 11.6 Å². The van der Waals surface area contributed by atoms with E-state index in [0.717, 1.165) is 13.0 Å². The van der Waals surface area contributed by atoms with Crippen molar-refractivity contribution in [1.29, 1.82) is 0 Å². The Bertz CT molecular complexity index is 311. The SMILES string of the molecule is C/C(=C/CC(C)CC(CC(C)C)C(F)(F)F)C(F)(F)F. The van der Waals surface area contributed by atoms with Gasteiger partial charge in [0.2, 0.25) is 0 Å². The van der Waals surface area contributed by atoms with Gasteiger partial charge >= 0.3 is 12.4 Å². The molecule has 0 rings (SSSR count). The molecule has 0 aromatic carbocycles. The molecule has 0 spiro atoms. The zero-order chi connectivity index (χ0) is 16.1. The van der Waals surface area contributed by atoms with Crippen LogP contribution in [0.5, 0.6) is 0 Å². The van der Waals surface area contributed by atoms with E-state index in [1.807, 2.05) is 0 Å². The van der Waals surface area contributed by atoms with Gasteiger partial charge in [-0.2, -0.15) is 26.3 Å². The summed E-state index contributed by atoms with van der Waals surface area (Å²) in [6.07, 6.45) is -7.83. The molecule has 0 aliphatic carbocycles. The van der Waals surface area contributed by atoms with E-state index in [1.54, 1.807) is 20.8 Å². The molecule has 0 fully saturated rings. The quantitative estimate of drug-likeness (QED) is 0.408. The Morgan fingerprint density at radius 3 is 1.80 bits per heavy atom. The predicted molar refractivity (Wildman–Crippen MR) is 67.2 cm³/mol. The number of rotatable bonds is 6. The lowest BCUT2D eigenvalue weighted by Gasteiger charge is -2.24. The standard InChI is InChI=1S/C14H22F6/c1-9(2)7-12(14(18,19)20)8-10(3)5-6-11(4)13(15,16)17/h6,9-10,12H,5,7-8H2,1-4H3/b11-6-. The lowest BCUT2D eigenvalue weighted by Crippen LogP contribution is -2.26. The minimum absolute atomic E-state index is 0.00973. The third-order valence-corrected chi connectivity index (χ3v) is 3.18. The van der Waals surface area contributed by atoms with Crippen LogP contribution in [0.1, 0.15) is 47.0 Å². The van der Waals surface area contributed by atoms with Crippen molar-refractivity contribution in [1.82, 2.24) is 0 Å². The topological polar surface area (TPSA) is 0 Å². The monoisotopic (exact) mass is 304 g/mol. The Labute approximate surface area is 116 Å². The Balaban J connectivity index is 4.59. The molecule has 120 valence electrons. The summed E-state index contributed by atoms with van der Waals surface area (Å²) in [7, 11) is 0. The van der Waals surface area contributed by atoms with Gasteiger partial charge in [0.1, 0.15) is 0 Å². The molecular formula is C14H22F6. The van der Waals surface area contributed by atoms with Crippen LogP contribution in [0.15, 0.2) is 11.6 Å². The molecule has 2 atom stereocenters. The van der Waals surface area contributed by atoms with Crippen LogP contribution in [0.25, 0.3) is 0 Å². The highest BCUT2D eigenvalue weighted by atomic mass is 19.4. The van der Waals surface area contributed by atoms with Gasteiger partial charge in [-0.15, -0.1) is 0 Å². The van der Waals surface area contributed by atoms with Gasteiger partial charge in [-0.1, -0.05) is 26.8 Å². The van der Waals surface area contributed by atoms with Crippen LogP contribution in [-0.4, -0.2) is 12.4 Å². The first kappa shape index (κ1) is 19.3. The number of allylic oxidation sites excluding steroid dienone is 2. The van der Waals surface area contributed by atoms with Crippen molar-refractivity contribution >= 4 is 0 Å². The minimum atomic E-state index is -4.40. The molecule has 0 aromatic rings. The van der Waals surface area contributed by atoms with E-state index in [9.17, 15) is 26.3 Å². The molecule has 0 aromatic heterocycles. The van der Waals surface area contributed by atoms with Gasteiger partial charge in [-0.25, -0.2) is 0 Å². The molecule has 0 nitrogen and oxygen atoms in total.